The van der Waals surface area contributed by atoms with Crippen molar-refractivity contribution in [2.24, 2.45) is 0 Å². The van der Waals surface area contributed by atoms with E-state index in [1.54, 1.807) is 5.32 Å². The SMILES string of the molecule is CC(=O)Nc1cc(NC(C)=O)cc(C(=O)NCC(F)(F)F)c1. The minimum absolute atomic E-state index is 0.126. The fourth-order valence-corrected chi connectivity index (χ4v) is 1.59. The maximum absolute atomic E-state index is 12.1. The van der Waals surface area contributed by atoms with Gasteiger partial charge in [0.05, 0.1) is 0 Å². The van der Waals surface area contributed by atoms with Gasteiger partial charge < -0.3 is 16.0 Å². The lowest BCUT2D eigenvalue weighted by Gasteiger charge is -2.12. The fraction of sp³-hybridized carbons (Fsp3) is 0.308. The van der Waals surface area contributed by atoms with Crippen molar-refractivity contribution in [1.82, 2.24) is 5.32 Å². The topological polar surface area (TPSA) is 87.3 Å². The van der Waals surface area contributed by atoms with Crippen molar-refractivity contribution in [2.45, 2.75) is 20.0 Å². The van der Waals surface area contributed by atoms with Crippen LogP contribution < -0.4 is 16.0 Å². The minimum atomic E-state index is -4.54. The number of hydrogen-bond acceptors (Lipinski definition) is 3. The third-order valence-electron chi connectivity index (χ3n) is 2.29. The third kappa shape index (κ3) is 6.25. The monoisotopic (exact) mass is 317 g/mol. The largest absolute Gasteiger partial charge is 0.405 e. The lowest BCUT2D eigenvalue weighted by atomic mass is 10.1. The second kappa shape index (κ2) is 6.92. The molecule has 0 aliphatic rings. The molecule has 0 radical (unpaired) electrons. The van der Waals surface area contributed by atoms with Gasteiger partial charge in [-0.15, -0.1) is 0 Å². The predicted octanol–water partition coefficient (Wildman–Crippen LogP) is 1.90. The molecule has 0 unspecified atom stereocenters. The highest BCUT2D eigenvalue weighted by Gasteiger charge is 2.28. The zero-order chi connectivity index (χ0) is 16.9. The van der Waals surface area contributed by atoms with E-state index in [4.69, 9.17) is 0 Å². The first-order valence-corrected chi connectivity index (χ1v) is 6.12. The van der Waals surface area contributed by atoms with E-state index < -0.39 is 30.4 Å². The average molecular weight is 317 g/mol. The quantitative estimate of drug-likeness (QED) is 0.792. The zero-order valence-corrected chi connectivity index (χ0v) is 11.8. The standard InChI is InChI=1S/C13H14F3N3O3/c1-7(20)18-10-3-9(4-11(5-10)19-8(2)21)12(22)17-6-13(14,15)16/h3-5H,6H2,1-2H3,(H,17,22)(H,18,20)(H,19,21). The molecule has 0 bridgehead atoms. The molecule has 1 aromatic carbocycles. The number of hydrogen-bond donors (Lipinski definition) is 3. The summed E-state index contributed by atoms with van der Waals surface area (Å²) in [6.07, 6.45) is -4.54. The Morgan fingerprint density at radius 3 is 1.77 bits per heavy atom. The van der Waals surface area contributed by atoms with Crippen LogP contribution in [0.4, 0.5) is 24.5 Å². The van der Waals surface area contributed by atoms with Crippen LogP contribution in [0.25, 0.3) is 0 Å². The van der Waals surface area contributed by atoms with Crippen molar-refractivity contribution in [3.63, 3.8) is 0 Å². The Bertz CT molecular complexity index is 566. The number of anilines is 2. The van der Waals surface area contributed by atoms with Gasteiger partial charge in [-0.25, -0.2) is 0 Å². The summed E-state index contributed by atoms with van der Waals surface area (Å²) in [4.78, 5) is 33.8. The molecule has 0 fully saturated rings. The van der Waals surface area contributed by atoms with Crippen molar-refractivity contribution in [1.29, 1.82) is 0 Å². The van der Waals surface area contributed by atoms with Gasteiger partial charge in [0, 0.05) is 30.8 Å². The Hall–Kier alpha value is -2.58. The number of halogens is 3. The molecule has 0 aromatic heterocycles. The molecule has 22 heavy (non-hydrogen) atoms. The van der Waals surface area contributed by atoms with E-state index in [1.165, 1.54) is 32.0 Å². The van der Waals surface area contributed by atoms with Crippen molar-refractivity contribution in [2.75, 3.05) is 17.2 Å². The molecule has 1 rings (SSSR count). The van der Waals surface area contributed by atoms with Crippen LogP contribution in [0.2, 0.25) is 0 Å². The second-order valence-corrected chi connectivity index (χ2v) is 4.46. The highest BCUT2D eigenvalue weighted by molar-refractivity contribution is 5.99. The van der Waals surface area contributed by atoms with Crippen LogP contribution in [-0.4, -0.2) is 30.4 Å². The van der Waals surface area contributed by atoms with Crippen LogP contribution in [-0.2, 0) is 9.59 Å². The Morgan fingerprint density at radius 1 is 0.955 bits per heavy atom. The maximum Gasteiger partial charge on any atom is 0.405 e. The van der Waals surface area contributed by atoms with Crippen molar-refractivity contribution in [3.05, 3.63) is 23.8 Å². The molecular weight excluding hydrogens is 303 g/mol. The molecule has 0 spiro atoms. The summed E-state index contributed by atoms with van der Waals surface area (Å²) in [5.74, 6) is -1.83. The lowest BCUT2D eigenvalue weighted by Crippen LogP contribution is -2.33. The summed E-state index contributed by atoms with van der Waals surface area (Å²) in [5, 5.41) is 6.50. The molecule has 0 atom stereocenters. The lowest BCUT2D eigenvalue weighted by molar-refractivity contribution is -0.123. The summed E-state index contributed by atoms with van der Waals surface area (Å²) in [7, 11) is 0. The van der Waals surface area contributed by atoms with Crippen LogP contribution in [0.3, 0.4) is 0 Å². The highest BCUT2D eigenvalue weighted by Crippen LogP contribution is 2.20. The molecule has 120 valence electrons. The first-order chi connectivity index (χ1) is 10.1. The van der Waals surface area contributed by atoms with Gasteiger partial charge in [-0.3, -0.25) is 14.4 Å². The van der Waals surface area contributed by atoms with Gasteiger partial charge in [0.2, 0.25) is 11.8 Å². The molecular formula is C13H14F3N3O3. The summed E-state index contributed by atoms with van der Waals surface area (Å²) in [6, 6.07) is 3.79. The first-order valence-electron chi connectivity index (χ1n) is 6.12. The summed E-state index contributed by atoms with van der Waals surface area (Å²) >= 11 is 0. The summed E-state index contributed by atoms with van der Waals surface area (Å²) in [5.41, 5.74) is 0.228. The zero-order valence-electron chi connectivity index (χ0n) is 11.8. The molecule has 6 nitrogen and oxygen atoms in total. The first kappa shape index (κ1) is 17.5. The minimum Gasteiger partial charge on any atom is -0.343 e. The van der Waals surface area contributed by atoms with Gasteiger partial charge in [0.15, 0.2) is 0 Å². The van der Waals surface area contributed by atoms with Crippen LogP contribution in [0.5, 0.6) is 0 Å². The molecule has 0 heterocycles. The number of carbonyl (C=O) groups excluding carboxylic acids is 3. The molecule has 9 heteroatoms. The van der Waals surface area contributed by atoms with Crippen molar-refractivity contribution < 1.29 is 27.6 Å². The Balaban J connectivity index is 3.03. The summed E-state index contributed by atoms with van der Waals surface area (Å²) < 4.78 is 36.3. The molecule has 0 aliphatic heterocycles. The van der Waals surface area contributed by atoms with Crippen LogP contribution in [0, 0.1) is 0 Å². The smallest absolute Gasteiger partial charge is 0.343 e. The van der Waals surface area contributed by atoms with E-state index in [0.717, 1.165) is 0 Å². The number of alkyl halides is 3. The highest BCUT2D eigenvalue weighted by atomic mass is 19.4. The van der Waals surface area contributed by atoms with Gasteiger partial charge >= 0.3 is 6.18 Å². The van der Waals surface area contributed by atoms with Crippen molar-refractivity contribution >= 4 is 29.1 Å². The van der Waals surface area contributed by atoms with Gasteiger partial charge in [0.25, 0.3) is 5.91 Å². The van der Waals surface area contributed by atoms with Gasteiger partial charge in [0.1, 0.15) is 6.54 Å². The molecule has 0 saturated heterocycles. The van der Waals surface area contributed by atoms with E-state index >= 15 is 0 Å². The van der Waals surface area contributed by atoms with E-state index in [1.807, 2.05) is 0 Å². The van der Waals surface area contributed by atoms with E-state index in [2.05, 4.69) is 10.6 Å². The van der Waals surface area contributed by atoms with Crippen LogP contribution >= 0.6 is 0 Å². The fourth-order valence-electron chi connectivity index (χ4n) is 1.59. The van der Waals surface area contributed by atoms with Gasteiger partial charge in [-0.2, -0.15) is 13.2 Å². The Morgan fingerprint density at radius 2 is 1.41 bits per heavy atom. The average Bonchev–Trinajstić information content (AvgIpc) is 2.32. The number of amides is 3. The number of rotatable bonds is 4. The normalized spacial score (nSPS) is 10.8. The number of nitrogens with one attached hydrogen (secondary N) is 3. The molecule has 0 aliphatic carbocycles. The summed E-state index contributed by atoms with van der Waals surface area (Å²) in [6.45, 7) is 0.981. The van der Waals surface area contributed by atoms with Crippen LogP contribution in [0.15, 0.2) is 18.2 Å². The van der Waals surface area contributed by atoms with Gasteiger partial charge in [-0.1, -0.05) is 0 Å². The Kier molecular flexibility index (Phi) is 5.50. The van der Waals surface area contributed by atoms with Crippen molar-refractivity contribution in [3.8, 4) is 0 Å². The van der Waals surface area contributed by atoms with E-state index in [-0.39, 0.29) is 16.9 Å². The van der Waals surface area contributed by atoms with Gasteiger partial charge in [-0.05, 0) is 18.2 Å². The van der Waals surface area contributed by atoms with Crippen LogP contribution in [0.1, 0.15) is 24.2 Å². The Labute approximate surface area is 124 Å². The third-order valence-corrected chi connectivity index (χ3v) is 2.29. The van der Waals surface area contributed by atoms with E-state index in [0.29, 0.717) is 0 Å². The number of carbonyl (C=O) groups is 3. The number of benzene rings is 1. The maximum atomic E-state index is 12.1. The second-order valence-electron chi connectivity index (χ2n) is 4.46. The molecule has 3 amide bonds. The van der Waals surface area contributed by atoms with E-state index in [9.17, 15) is 27.6 Å². The molecule has 0 saturated carbocycles. The predicted molar refractivity (Wildman–Crippen MR) is 73.4 cm³/mol. The molecule has 1 aromatic rings. The molecule has 3 N–H and O–H groups in total.